The van der Waals surface area contributed by atoms with Crippen LogP contribution in [0.5, 0.6) is 0 Å². The number of aliphatic hydroxyl groups is 1. The molecule has 4 nitrogen and oxygen atoms in total. The summed E-state index contributed by atoms with van der Waals surface area (Å²) in [4.78, 5) is 6.49. The lowest BCUT2D eigenvalue weighted by Crippen LogP contribution is -2.12. The molecule has 122 valence electrons. The zero-order valence-corrected chi connectivity index (χ0v) is 14.3. The average molecular weight is 340 g/mol. The van der Waals surface area contributed by atoms with Crippen LogP contribution in [0.15, 0.2) is 49.2 Å². The normalized spacial score (nSPS) is 10.8. The fourth-order valence-corrected chi connectivity index (χ4v) is 3.15. The van der Waals surface area contributed by atoms with Crippen molar-refractivity contribution in [2.24, 2.45) is 0 Å². The largest absolute Gasteiger partial charge is 0.508 e. The molecule has 3 N–H and O–H groups in total. The summed E-state index contributed by atoms with van der Waals surface area (Å²) >= 11 is 6.15. The minimum Gasteiger partial charge on any atom is -0.508 e. The number of rotatable bonds is 3. The van der Waals surface area contributed by atoms with Crippen molar-refractivity contribution in [2.45, 2.75) is 0 Å². The molecule has 3 rings (SSSR count). The maximum absolute atomic E-state index is 9.88. The van der Waals surface area contributed by atoms with E-state index in [0.717, 1.165) is 27.7 Å². The fraction of sp³-hybridized carbons (Fsp3) is 0.105. The molecule has 0 saturated carbocycles. The molecular weight excluding hydrogens is 322 g/mol. The molecule has 0 aliphatic rings. The van der Waals surface area contributed by atoms with Gasteiger partial charge in [0.2, 0.25) is 0 Å². The lowest BCUT2D eigenvalue weighted by molar-refractivity contribution is 0.513. The van der Waals surface area contributed by atoms with Crippen molar-refractivity contribution in [1.29, 1.82) is 0 Å². The number of aromatic nitrogens is 1. The first kappa shape index (κ1) is 16.1. The van der Waals surface area contributed by atoms with E-state index >= 15 is 0 Å². The molecule has 2 aromatic carbocycles. The second-order valence-electron chi connectivity index (χ2n) is 5.84. The summed E-state index contributed by atoms with van der Waals surface area (Å²) in [7, 11) is 3.84. The zero-order chi connectivity index (χ0) is 17.4. The van der Waals surface area contributed by atoms with Gasteiger partial charge in [0.1, 0.15) is 5.76 Å². The monoisotopic (exact) mass is 339 g/mol. The van der Waals surface area contributed by atoms with E-state index in [4.69, 9.17) is 17.3 Å². The van der Waals surface area contributed by atoms with E-state index in [1.165, 1.54) is 0 Å². The number of hydrogen-bond acceptors (Lipinski definition) is 4. The molecule has 3 aromatic rings. The second-order valence-corrected chi connectivity index (χ2v) is 6.27. The number of benzene rings is 2. The van der Waals surface area contributed by atoms with Crippen molar-refractivity contribution >= 4 is 39.6 Å². The van der Waals surface area contributed by atoms with Crippen LogP contribution in [0.25, 0.3) is 27.8 Å². The molecule has 0 saturated heterocycles. The fourth-order valence-electron chi connectivity index (χ4n) is 2.90. The van der Waals surface area contributed by atoms with Gasteiger partial charge in [0, 0.05) is 42.0 Å². The second kappa shape index (κ2) is 6.06. The molecule has 0 aliphatic carbocycles. The molecule has 0 aliphatic heterocycles. The Morgan fingerprint density at radius 2 is 2.00 bits per heavy atom. The van der Waals surface area contributed by atoms with Crippen LogP contribution in [-0.2, 0) is 0 Å². The Balaban J connectivity index is 2.36. The Labute approximate surface area is 145 Å². The number of nitrogens with two attached hydrogens (primary N) is 1. The third kappa shape index (κ3) is 2.76. The van der Waals surface area contributed by atoms with Crippen molar-refractivity contribution in [1.82, 2.24) is 4.98 Å². The maximum Gasteiger partial charge on any atom is 0.119 e. The summed E-state index contributed by atoms with van der Waals surface area (Å²) < 4.78 is 0. The number of hydrogen-bond donors (Lipinski definition) is 2. The van der Waals surface area contributed by atoms with Crippen molar-refractivity contribution in [3.63, 3.8) is 0 Å². The summed E-state index contributed by atoms with van der Waals surface area (Å²) in [6.07, 6.45) is 1.64. The number of anilines is 2. The highest BCUT2D eigenvalue weighted by atomic mass is 35.5. The number of nitrogens with zero attached hydrogens (tertiary/aromatic N) is 2. The molecule has 24 heavy (non-hydrogen) atoms. The zero-order valence-electron chi connectivity index (χ0n) is 13.5. The summed E-state index contributed by atoms with van der Waals surface area (Å²) in [5, 5.41) is 11.4. The van der Waals surface area contributed by atoms with Crippen LogP contribution < -0.4 is 10.6 Å². The number of fused-ring (bicyclic) bond motifs is 1. The first-order valence-electron chi connectivity index (χ1n) is 7.42. The summed E-state index contributed by atoms with van der Waals surface area (Å²) in [6, 6.07) is 11.4. The van der Waals surface area contributed by atoms with Gasteiger partial charge in [-0.1, -0.05) is 36.4 Å². The summed E-state index contributed by atoms with van der Waals surface area (Å²) in [6.45, 7) is 3.63. The maximum atomic E-state index is 9.88. The van der Waals surface area contributed by atoms with Gasteiger partial charge in [-0.25, -0.2) is 0 Å². The molecule has 0 fully saturated rings. The summed E-state index contributed by atoms with van der Waals surface area (Å²) in [5.74, 6) is -0.00879. The Kier molecular flexibility index (Phi) is 4.08. The molecule has 0 amide bonds. The molecule has 0 atom stereocenters. The van der Waals surface area contributed by atoms with Gasteiger partial charge >= 0.3 is 0 Å². The van der Waals surface area contributed by atoms with Gasteiger partial charge in [-0.15, -0.1) is 0 Å². The average Bonchev–Trinajstić information content (AvgIpc) is 2.51. The van der Waals surface area contributed by atoms with E-state index in [9.17, 15) is 5.11 Å². The Morgan fingerprint density at radius 3 is 2.62 bits per heavy atom. The molecule has 5 heteroatoms. The molecule has 1 aromatic heterocycles. The number of halogens is 1. The Hall–Kier alpha value is -2.72. The van der Waals surface area contributed by atoms with Gasteiger partial charge in [0.05, 0.1) is 16.8 Å². The predicted molar refractivity (Wildman–Crippen MR) is 103 cm³/mol. The first-order valence-corrected chi connectivity index (χ1v) is 7.80. The third-order valence-electron chi connectivity index (χ3n) is 3.86. The SMILES string of the molecule is C=C(O)c1cnc2c(-c3cc(N)cc(Cl)c3)cccc2c1N(C)C. The standard InChI is InChI=1S/C19H18ClN3O/c1-11(24)17-10-22-18-15(12-7-13(20)9-14(21)8-12)5-4-6-16(18)19(17)23(2)3/h4-10,24H,1,21H2,2-3H3. The smallest absolute Gasteiger partial charge is 0.119 e. The number of para-hydroxylation sites is 1. The van der Waals surface area contributed by atoms with Crippen molar-refractivity contribution in [3.8, 4) is 11.1 Å². The van der Waals surface area contributed by atoms with Crippen molar-refractivity contribution in [2.75, 3.05) is 24.7 Å². The summed E-state index contributed by atoms with van der Waals surface area (Å²) in [5.41, 5.74) is 10.6. The van der Waals surface area contributed by atoms with Gasteiger partial charge in [-0.05, 0) is 23.8 Å². The van der Waals surface area contributed by atoms with Gasteiger partial charge in [0.25, 0.3) is 0 Å². The molecular formula is C19H18ClN3O. The van der Waals surface area contributed by atoms with Crippen molar-refractivity contribution in [3.05, 3.63) is 59.8 Å². The predicted octanol–water partition coefficient (Wildman–Crippen LogP) is 4.73. The van der Waals surface area contributed by atoms with Gasteiger partial charge in [-0.2, -0.15) is 0 Å². The number of nitrogen functional groups attached to an aromatic ring is 1. The number of pyridine rings is 1. The van der Waals surface area contributed by atoms with E-state index in [1.54, 1.807) is 12.3 Å². The van der Waals surface area contributed by atoms with Crippen LogP contribution in [0.3, 0.4) is 0 Å². The Morgan fingerprint density at radius 1 is 1.25 bits per heavy atom. The topological polar surface area (TPSA) is 62.4 Å². The van der Waals surface area contributed by atoms with Crippen LogP contribution in [0.1, 0.15) is 5.56 Å². The van der Waals surface area contributed by atoms with Crippen LogP contribution in [-0.4, -0.2) is 24.2 Å². The van der Waals surface area contributed by atoms with Crippen LogP contribution in [0.4, 0.5) is 11.4 Å². The lowest BCUT2D eigenvalue weighted by atomic mass is 9.99. The quantitative estimate of drug-likeness (QED) is 0.534. The molecule has 0 radical (unpaired) electrons. The van der Waals surface area contributed by atoms with Crippen LogP contribution in [0.2, 0.25) is 5.02 Å². The first-order chi connectivity index (χ1) is 11.4. The van der Waals surface area contributed by atoms with E-state index in [2.05, 4.69) is 11.6 Å². The molecule has 0 spiro atoms. The van der Waals surface area contributed by atoms with E-state index < -0.39 is 0 Å². The van der Waals surface area contributed by atoms with E-state index in [-0.39, 0.29) is 5.76 Å². The van der Waals surface area contributed by atoms with Gasteiger partial charge in [0.15, 0.2) is 0 Å². The highest BCUT2D eigenvalue weighted by Crippen LogP contribution is 2.37. The minimum absolute atomic E-state index is 0.00879. The van der Waals surface area contributed by atoms with Crippen LogP contribution >= 0.6 is 11.6 Å². The lowest BCUT2D eigenvalue weighted by Gasteiger charge is -2.20. The third-order valence-corrected chi connectivity index (χ3v) is 4.08. The molecule has 0 bridgehead atoms. The Bertz CT molecular complexity index is 930. The van der Waals surface area contributed by atoms with E-state index in [1.807, 2.05) is 49.3 Å². The minimum atomic E-state index is -0.00879. The molecule has 1 heterocycles. The van der Waals surface area contributed by atoms with Crippen molar-refractivity contribution < 1.29 is 5.11 Å². The number of aliphatic hydroxyl groups excluding tert-OH is 1. The van der Waals surface area contributed by atoms with E-state index in [0.29, 0.717) is 16.3 Å². The highest BCUT2D eigenvalue weighted by Gasteiger charge is 2.15. The van der Waals surface area contributed by atoms with Gasteiger partial charge < -0.3 is 15.7 Å². The molecule has 0 unspecified atom stereocenters. The van der Waals surface area contributed by atoms with Gasteiger partial charge in [-0.3, -0.25) is 4.98 Å². The highest BCUT2D eigenvalue weighted by molar-refractivity contribution is 6.31. The van der Waals surface area contributed by atoms with Crippen LogP contribution in [0, 0.1) is 0 Å².